The van der Waals surface area contributed by atoms with Crippen molar-refractivity contribution in [3.05, 3.63) is 65.7 Å². The van der Waals surface area contributed by atoms with Gasteiger partial charge in [-0.15, -0.1) is 0 Å². The van der Waals surface area contributed by atoms with Gasteiger partial charge in [-0.3, -0.25) is 4.79 Å². The van der Waals surface area contributed by atoms with Crippen LogP contribution in [-0.4, -0.2) is 24.0 Å². The van der Waals surface area contributed by atoms with E-state index >= 15 is 0 Å². The van der Waals surface area contributed by atoms with Crippen molar-refractivity contribution in [2.45, 2.75) is 32.7 Å². The van der Waals surface area contributed by atoms with Crippen LogP contribution in [0.1, 0.15) is 36.7 Å². The van der Waals surface area contributed by atoms with E-state index in [4.69, 9.17) is 0 Å². The van der Waals surface area contributed by atoms with Crippen LogP contribution in [0.3, 0.4) is 0 Å². The molecular weight excluding hydrogens is 314 g/mol. The molecule has 0 unspecified atom stereocenters. The number of carbonyl (C=O) groups is 2. The molecule has 5 nitrogen and oxygen atoms in total. The smallest absolute Gasteiger partial charge is 0.319 e. The molecule has 132 valence electrons. The minimum Gasteiger partial charge on any atom is -0.347 e. The summed E-state index contributed by atoms with van der Waals surface area (Å²) in [5.74, 6) is -0.166. The lowest BCUT2D eigenvalue weighted by Crippen LogP contribution is -2.40. The Bertz CT molecular complexity index is 721. The highest BCUT2D eigenvalue weighted by Gasteiger charge is 2.15. The van der Waals surface area contributed by atoms with Crippen LogP contribution in [0.15, 0.2) is 54.6 Å². The first-order chi connectivity index (χ1) is 11.8. The van der Waals surface area contributed by atoms with Crippen molar-refractivity contribution in [2.75, 3.05) is 11.9 Å². The van der Waals surface area contributed by atoms with Gasteiger partial charge in [0.15, 0.2) is 0 Å². The summed E-state index contributed by atoms with van der Waals surface area (Å²) in [5.41, 5.74) is 1.95. The summed E-state index contributed by atoms with van der Waals surface area (Å²) in [6, 6.07) is 16.6. The van der Waals surface area contributed by atoms with Crippen molar-refractivity contribution < 1.29 is 9.59 Å². The highest BCUT2D eigenvalue weighted by atomic mass is 16.2. The minimum absolute atomic E-state index is 0.166. The summed E-state index contributed by atoms with van der Waals surface area (Å²) in [4.78, 5) is 24.2. The summed E-state index contributed by atoms with van der Waals surface area (Å²) < 4.78 is 0. The van der Waals surface area contributed by atoms with E-state index in [1.54, 1.807) is 24.3 Å². The first-order valence-electron chi connectivity index (χ1n) is 8.35. The monoisotopic (exact) mass is 339 g/mol. The van der Waals surface area contributed by atoms with Gasteiger partial charge in [-0.05, 0) is 51.0 Å². The number of hydrogen-bond donors (Lipinski definition) is 3. The molecule has 2 aromatic carbocycles. The van der Waals surface area contributed by atoms with E-state index in [9.17, 15) is 9.59 Å². The number of nitrogens with one attached hydrogen (secondary N) is 3. The van der Waals surface area contributed by atoms with Gasteiger partial charge in [0.2, 0.25) is 0 Å². The van der Waals surface area contributed by atoms with Crippen LogP contribution >= 0.6 is 0 Å². The number of carbonyl (C=O) groups excluding carboxylic acids is 2. The summed E-state index contributed by atoms with van der Waals surface area (Å²) in [5, 5.41) is 8.47. The molecule has 0 saturated heterocycles. The number of urea groups is 1. The fraction of sp³-hybridized carbons (Fsp3) is 0.300. The normalized spacial score (nSPS) is 10.8. The zero-order chi connectivity index (χ0) is 18.3. The van der Waals surface area contributed by atoms with Gasteiger partial charge < -0.3 is 16.0 Å². The third kappa shape index (κ3) is 6.67. The van der Waals surface area contributed by atoms with E-state index in [-0.39, 0.29) is 17.5 Å². The minimum atomic E-state index is -0.310. The summed E-state index contributed by atoms with van der Waals surface area (Å²) in [6.45, 7) is 6.31. The molecule has 0 radical (unpaired) electrons. The largest absolute Gasteiger partial charge is 0.347 e. The first kappa shape index (κ1) is 18.5. The van der Waals surface area contributed by atoms with E-state index in [1.165, 1.54) is 5.56 Å². The molecule has 0 atom stereocenters. The maximum atomic E-state index is 12.2. The fourth-order valence-corrected chi connectivity index (χ4v) is 2.29. The van der Waals surface area contributed by atoms with Gasteiger partial charge in [0, 0.05) is 23.3 Å². The topological polar surface area (TPSA) is 70.2 Å². The lowest BCUT2D eigenvalue weighted by atomic mass is 10.1. The summed E-state index contributed by atoms with van der Waals surface area (Å²) in [7, 11) is 0. The molecule has 5 heteroatoms. The second kappa shape index (κ2) is 8.33. The first-order valence-corrected chi connectivity index (χ1v) is 8.35. The van der Waals surface area contributed by atoms with Gasteiger partial charge >= 0.3 is 6.03 Å². The lowest BCUT2D eigenvalue weighted by molar-refractivity contribution is 0.0919. The third-order valence-electron chi connectivity index (χ3n) is 3.41. The molecule has 0 spiro atoms. The quantitative estimate of drug-likeness (QED) is 0.779. The molecule has 2 rings (SSSR count). The average molecular weight is 339 g/mol. The van der Waals surface area contributed by atoms with Crippen LogP contribution in [0, 0.1) is 0 Å². The third-order valence-corrected chi connectivity index (χ3v) is 3.41. The second-order valence-electron chi connectivity index (χ2n) is 6.90. The van der Waals surface area contributed by atoms with Crippen molar-refractivity contribution in [2.24, 2.45) is 0 Å². The van der Waals surface area contributed by atoms with Crippen LogP contribution in [0.5, 0.6) is 0 Å². The number of amides is 3. The Morgan fingerprint density at radius 3 is 2.36 bits per heavy atom. The zero-order valence-electron chi connectivity index (χ0n) is 14.9. The van der Waals surface area contributed by atoms with Crippen molar-refractivity contribution in [3.63, 3.8) is 0 Å². The molecule has 0 heterocycles. The molecule has 0 aliphatic heterocycles. The van der Waals surface area contributed by atoms with E-state index in [0.717, 1.165) is 6.42 Å². The number of anilines is 1. The van der Waals surface area contributed by atoms with Gasteiger partial charge in [0.1, 0.15) is 0 Å². The standard InChI is InChI=1S/C20H25N3O2/c1-20(2,3)23-18(24)16-10-7-11-17(14-16)22-19(25)21-13-12-15-8-5-4-6-9-15/h4-11,14H,12-13H2,1-3H3,(H,23,24)(H2,21,22,25). The molecule has 3 N–H and O–H groups in total. The number of benzene rings is 2. The summed E-state index contributed by atoms with van der Waals surface area (Å²) in [6.07, 6.45) is 0.766. The molecular formula is C20H25N3O2. The highest BCUT2D eigenvalue weighted by molar-refractivity contribution is 5.97. The van der Waals surface area contributed by atoms with Gasteiger partial charge in [0.25, 0.3) is 5.91 Å². The second-order valence-corrected chi connectivity index (χ2v) is 6.90. The Hall–Kier alpha value is -2.82. The van der Waals surface area contributed by atoms with Crippen molar-refractivity contribution in [1.29, 1.82) is 0 Å². The highest BCUT2D eigenvalue weighted by Crippen LogP contribution is 2.12. The maximum Gasteiger partial charge on any atom is 0.319 e. The van der Waals surface area contributed by atoms with Crippen LogP contribution in [-0.2, 0) is 6.42 Å². The fourth-order valence-electron chi connectivity index (χ4n) is 2.29. The van der Waals surface area contributed by atoms with E-state index in [1.807, 2.05) is 51.1 Å². The van der Waals surface area contributed by atoms with Crippen LogP contribution in [0.25, 0.3) is 0 Å². The Morgan fingerprint density at radius 1 is 0.960 bits per heavy atom. The van der Waals surface area contributed by atoms with Crippen LogP contribution < -0.4 is 16.0 Å². The molecule has 25 heavy (non-hydrogen) atoms. The van der Waals surface area contributed by atoms with Gasteiger partial charge in [-0.25, -0.2) is 4.79 Å². The Morgan fingerprint density at radius 2 is 1.68 bits per heavy atom. The summed E-state index contributed by atoms with van der Waals surface area (Å²) >= 11 is 0. The van der Waals surface area contributed by atoms with Crippen LogP contribution in [0.2, 0.25) is 0 Å². The SMILES string of the molecule is CC(C)(C)NC(=O)c1cccc(NC(=O)NCCc2ccccc2)c1. The molecule has 0 saturated carbocycles. The number of hydrogen-bond acceptors (Lipinski definition) is 2. The molecule has 3 amide bonds. The molecule has 0 aliphatic carbocycles. The van der Waals surface area contributed by atoms with Gasteiger partial charge in [-0.2, -0.15) is 0 Å². The molecule has 0 fully saturated rings. The molecule has 2 aromatic rings. The average Bonchev–Trinajstić information content (AvgIpc) is 2.54. The Balaban J connectivity index is 1.86. The van der Waals surface area contributed by atoms with Crippen molar-refractivity contribution in [1.82, 2.24) is 10.6 Å². The maximum absolute atomic E-state index is 12.2. The van der Waals surface area contributed by atoms with E-state index < -0.39 is 0 Å². The molecule has 0 aliphatic rings. The van der Waals surface area contributed by atoms with Gasteiger partial charge in [-0.1, -0.05) is 36.4 Å². The predicted octanol–water partition coefficient (Wildman–Crippen LogP) is 3.58. The zero-order valence-corrected chi connectivity index (χ0v) is 14.9. The van der Waals surface area contributed by atoms with E-state index in [0.29, 0.717) is 17.8 Å². The Labute approximate surface area is 148 Å². The number of rotatable bonds is 5. The molecule has 0 bridgehead atoms. The lowest BCUT2D eigenvalue weighted by Gasteiger charge is -2.20. The predicted molar refractivity (Wildman–Crippen MR) is 101 cm³/mol. The Kier molecular flexibility index (Phi) is 6.17. The van der Waals surface area contributed by atoms with Crippen molar-refractivity contribution >= 4 is 17.6 Å². The van der Waals surface area contributed by atoms with Crippen molar-refractivity contribution in [3.8, 4) is 0 Å². The van der Waals surface area contributed by atoms with Crippen LogP contribution in [0.4, 0.5) is 10.5 Å². The van der Waals surface area contributed by atoms with Gasteiger partial charge in [0.05, 0.1) is 0 Å². The van der Waals surface area contributed by atoms with E-state index in [2.05, 4.69) is 16.0 Å². The molecule has 0 aromatic heterocycles.